The molecule has 0 bridgehead atoms. The van der Waals surface area contributed by atoms with Crippen LogP contribution in [-0.2, 0) is 12.8 Å². The minimum atomic E-state index is -0.467. The number of nitro benzene ring substituents is 1. The van der Waals surface area contributed by atoms with Gasteiger partial charge in [-0.3, -0.25) is 14.9 Å². The number of aryl methyl sites for hydroxylation is 1. The van der Waals surface area contributed by atoms with E-state index in [0.717, 1.165) is 54.6 Å². The Morgan fingerprint density at radius 1 is 1.10 bits per heavy atom. The average Bonchev–Trinajstić information content (AvgIpc) is 2.91. The maximum atomic E-state index is 13.1. The molecule has 0 saturated heterocycles. The predicted molar refractivity (Wildman–Crippen MR) is 111 cm³/mol. The Morgan fingerprint density at radius 2 is 1.86 bits per heavy atom. The zero-order chi connectivity index (χ0) is 20.4. The molecule has 1 amide bonds. The third-order valence-electron chi connectivity index (χ3n) is 5.33. The molecular weight excluding hydrogens is 368 g/mol. The molecule has 1 heterocycles. The molecule has 1 aromatic heterocycles. The van der Waals surface area contributed by atoms with Crippen molar-refractivity contribution in [3.05, 3.63) is 81.2 Å². The lowest BCUT2D eigenvalue weighted by Crippen LogP contribution is -2.16. The molecule has 0 aliphatic heterocycles. The average molecular weight is 390 g/mol. The summed E-state index contributed by atoms with van der Waals surface area (Å²) in [5.41, 5.74) is 4.52. The van der Waals surface area contributed by atoms with E-state index in [0.29, 0.717) is 11.4 Å². The molecule has 1 aliphatic carbocycles. The third-order valence-corrected chi connectivity index (χ3v) is 5.33. The standard InChI is InChI=1S/C22H22N4O3/c1-15-12-13-17(26(28)29)14-19(15)23-22(27)21-18-10-6-3-7-11-20(18)25(24-21)16-8-4-2-5-9-16/h2,4-5,8-9,12-14H,3,6-7,10-11H2,1H3,(H,23,27). The van der Waals surface area contributed by atoms with Gasteiger partial charge in [-0.15, -0.1) is 0 Å². The summed E-state index contributed by atoms with van der Waals surface area (Å²) in [6, 6.07) is 14.3. The summed E-state index contributed by atoms with van der Waals surface area (Å²) < 4.78 is 1.87. The summed E-state index contributed by atoms with van der Waals surface area (Å²) in [7, 11) is 0. The summed E-state index contributed by atoms with van der Waals surface area (Å²) in [6.45, 7) is 1.81. The van der Waals surface area contributed by atoms with E-state index in [4.69, 9.17) is 0 Å². The molecule has 0 fully saturated rings. The quantitative estimate of drug-likeness (QED) is 0.400. The van der Waals surface area contributed by atoms with E-state index in [-0.39, 0.29) is 11.6 Å². The molecule has 0 spiro atoms. The monoisotopic (exact) mass is 390 g/mol. The van der Waals surface area contributed by atoms with Crippen LogP contribution >= 0.6 is 0 Å². The number of nitrogens with zero attached hydrogens (tertiary/aromatic N) is 3. The van der Waals surface area contributed by atoms with Crippen molar-refractivity contribution in [1.29, 1.82) is 0 Å². The fraction of sp³-hybridized carbons (Fsp3) is 0.273. The largest absolute Gasteiger partial charge is 0.320 e. The van der Waals surface area contributed by atoms with Crippen LogP contribution in [0, 0.1) is 17.0 Å². The number of nitrogens with one attached hydrogen (secondary N) is 1. The van der Waals surface area contributed by atoms with E-state index >= 15 is 0 Å². The Labute approximate surface area is 168 Å². The number of anilines is 1. The van der Waals surface area contributed by atoms with Crippen LogP contribution in [0.5, 0.6) is 0 Å². The first kappa shape index (κ1) is 18.9. The molecule has 0 atom stereocenters. The molecule has 29 heavy (non-hydrogen) atoms. The van der Waals surface area contributed by atoms with Crippen molar-refractivity contribution < 1.29 is 9.72 Å². The van der Waals surface area contributed by atoms with Crippen LogP contribution in [0.25, 0.3) is 5.69 Å². The molecule has 3 aromatic rings. The molecule has 0 unspecified atom stereocenters. The van der Waals surface area contributed by atoms with Gasteiger partial charge in [-0.25, -0.2) is 4.68 Å². The lowest BCUT2D eigenvalue weighted by molar-refractivity contribution is -0.384. The van der Waals surface area contributed by atoms with Crippen LogP contribution in [0.15, 0.2) is 48.5 Å². The smallest absolute Gasteiger partial charge is 0.276 e. The molecule has 2 aromatic carbocycles. The SMILES string of the molecule is Cc1ccc([N+](=O)[O-])cc1NC(=O)c1nn(-c2ccccc2)c2c1CCCCC2. The zero-order valence-corrected chi connectivity index (χ0v) is 16.2. The van der Waals surface area contributed by atoms with Gasteiger partial charge >= 0.3 is 0 Å². The molecule has 7 heteroatoms. The van der Waals surface area contributed by atoms with Gasteiger partial charge in [0, 0.05) is 23.4 Å². The number of carbonyl (C=O) groups excluding carboxylic acids is 1. The first-order valence-electron chi connectivity index (χ1n) is 9.77. The Kier molecular flexibility index (Phi) is 5.12. The minimum absolute atomic E-state index is 0.0560. The van der Waals surface area contributed by atoms with Crippen LogP contribution < -0.4 is 5.32 Å². The van der Waals surface area contributed by atoms with E-state index in [1.54, 1.807) is 6.07 Å². The normalized spacial score (nSPS) is 13.4. The van der Waals surface area contributed by atoms with Gasteiger partial charge in [0.15, 0.2) is 5.69 Å². The van der Waals surface area contributed by atoms with E-state index in [2.05, 4.69) is 10.4 Å². The van der Waals surface area contributed by atoms with Gasteiger partial charge in [0.25, 0.3) is 11.6 Å². The summed E-state index contributed by atoms with van der Waals surface area (Å²) in [5, 5.41) is 18.6. The van der Waals surface area contributed by atoms with E-state index in [1.165, 1.54) is 12.1 Å². The second-order valence-corrected chi connectivity index (χ2v) is 7.29. The highest BCUT2D eigenvalue weighted by Crippen LogP contribution is 2.28. The highest BCUT2D eigenvalue weighted by Gasteiger charge is 2.25. The molecule has 0 radical (unpaired) electrons. The first-order valence-corrected chi connectivity index (χ1v) is 9.77. The number of hydrogen-bond donors (Lipinski definition) is 1. The van der Waals surface area contributed by atoms with Crippen molar-refractivity contribution in [2.24, 2.45) is 0 Å². The van der Waals surface area contributed by atoms with Crippen LogP contribution in [0.2, 0.25) is 0 Å². The molecule has 4 rings (SSSR count). The number of nitro groups is 1. The summed E-state index contributed by atoms with van der Waals surface area (Å²) in [5.74, 6) is -0.332. The number of rotatable bonds is 4. The van der Waals surface area contributed by atoms with Crippen molar-refractivity contribution in [3.8, 4) is 5.69 Å². The molecular formula is C22H22N4O3. The van der Waals surface area contributed by atoms with Gasteiger partial charge in [0.05, 0.1) is 16.3 Å². The Bertz CT molecular complexity index is 1070. The summed E-state index contributed by atoms with van der Waals surface area (Å²) in [4.78, 5) is 23.7. The number of hydrogen-bond acceptors (Lipinski definition) is 4. The molecule has 1 aliphatic rings. The van der Waals surface area contributed by atoms with E-state index in [1.807, 2.05) is 41.9 Å². The highest BCUT2D eigenvalue weighted by atomic mass is 16.6. The second kappa shape index (κ2) is 7.87. The second-order valence-electron chi connectivity index (χ2n) is 7.29. The maximum absolute atomic E-state index is 13.1. The van der Waals surface area contributed by atoms with Crippen molar-refractivity contribution in [2.45, 2.75) is 39.0 Å². The number of fused-ring (bicyclic) bond motifs is 1. The van der Waals surface area contributed by atoms with E-state index in [9.17, 15) is 14.9 Å². The number of para-hydroxylation sites is 1. The Morgan fingerprint density at radius 3 is 2.62 bits per heavy atom. The third kappa shape index (κ3) is 3.76. The minimum Gasteiger partial charge on any atom is -0.320 e. The summed E-state index contributed by atoms with van der Waals surface area (Å²) in [6.07, 6.45) is 4.88. The predicted octanol–water partition coefficient (Wildman–Crippen LogP) is 4.61. The van der Waals surface area contributed by atoms with Crippen LogP contribution in [0.4, 0.5) is 11.4 Å². The number of non-ortho nitro benzene ring substituents is 1. The van der Waals surface area contributed by atoms with Crippen LogP contribution in [-0.4, -0.2) is 20.6 Å². The fourth-order valence-corrected chi connectivity index (χ4v) is 3.78. The topological polar surface area (TPSA) is 90.1 Å². The number of carbonyl (C=O) groups is 1. The van der Waals surface area contributed by atoms with Gasteiger partial charge in [-0.05, 0) is 50.3 Å². The van der Waals surface area contributed by atoms with Crippen molar-refractivity contribution in [1.82, 2.24) is 9.78 Å². The van der Waals surface area contributed by atoms with Crippen molar-refractivity contribution >= 4 is 17.3 Å². The molecule has 148 valence electrons. The van der Waals surface area contributed by atoms with Gasteiger partial charge in [0.2, 0.25) is 0 Å². The van der Waals surface area contributed by atoms with Gasteiger partial charge in [-0.2, -0.15) is 5.10 Å². The van der Waals surface area contributed by atoms with Gasteiger partial charge in [0.1, 0.15) is 0 Å². The Hall–Kier alpha value is -3.48. The van der Waals surface area contributed by atoms with Crippen LogP contribution in [0.1, 0.15) is 46.6 Å². The van der Waals surface area contributed by atoms with Crippen LogP contribution in [0.3, 0.4) is 0 Å². The fourth-order valence-electron chi connectivity index (χ4n) is 3.78. The zero-order valence-electron chi connectivity index (χ0n) is 16.2. The number of benzene rings is 2. The number of amides is 1. The van der Waals surface area contributed by atoms with Crippen molar-refractivity contribution in [2.75, 3.05) is 5.32 Å². The Balaban J connectivity index is 1.73. The molecule has 0 saturated carbocycles. The highest BCUT2D eigenvalue weighted by molar-refractivity contribution is 6.04. The summed E-state index contributed by atoms with van der Waals surface area (Å²) >= 11 is 0. The maximum Gasteiger partial charge on any atom is 0.276 e. The van der Waals surface area contributed by atoms with Gasteiger partial charge in [-0.1, -0.05) is 30.7 Å². The lowest BCUT2D eigenvalue weighted by atomic mass is 10.1. The number of aromatic nitrogens is 2. The van der Waals surface area contributed by atoms with E-state index < -0.39 is 4.92 Å². The van der Waals surface area contributed by atoms with Crippen molar-refractivity contribution in [3.63, 3.8) is 0 Å². The molecule has 1 N–H and O–H groups in total. The molecule has 7 nitrogen and oxygen atoms in total. The first-order chi connectivity index (χ1) is 14.0. The lowest BCUT2D eigenvalue weighted by Gasteiger charge is -2.08. The van der Waals surface area contributed by atoms with Gasteiger partial charge < -0.3 is 5.32 Å².